The van der Waals surface area contributed by atoms with Crippen LogP contribution >= 0.6 is 0 Å². The van der Waals surface area contributed by atoms with E-state index in [4.69, 9.17) is 10.5 Å². The minimum Gasteiger partial charge on any atom is -0.351 e. The molecule has 0 saturated carbocycles. The highest BCUT2D eigenvalue weighted by Crippen LogP contribution is 2.25. The Morgan fingerprint density at radius 1 is 1.00 bits per heavy atom. The van der Waals surface area contributed by atoms with Crippen LogP contribution in [0.4, 0.5) is 19.7 Å². The maximum absolute atomic E-state index is 13.2. The van der Waals surface area contributed by atoms with Gasteiger partial charge >= 0.3 is 0 Å². The Bertz CT molecular complexity index is 1360. The fourth-order valence-electron chi connectivity index (χ4n) is 3.84. The molecule has 15 heteroatoms. The number of anilines is 1. The van der Waals surface area contributed by atoms with Gasteiger partial charge in [-0.25, -0.2) is 23.9 Å². The first-order valence-electron chi connectivity index (χ1n) is 11.5. The zero-order valence-corrected chi connectivity index (χ0v) is 21.8. The van der Waals surface area contributed by atoms with Gasteiger partial charge in [0.25, 0.3) is 5.91 Å². The molecule has 1 unspecified atom stereocenters. The Hall–Kier alpha value is -4.23. The lowest BCUT2D eigenvalue weighted by atomic mass is 10.1. The van der Waals surface area contributed by atoms with E-state index >= 15 is 0 Å². The molecule has 3 aromatic rings. The number of halogens is 3. The summed E-state index contributed by atoms with van der Waals surface area (Å²) in [6.45, 7) is 0.822. The summed E-state index contributed by atoms with van der Waals surface area (Å²) in [6, 6.07) is 16.8. The lowest BCUT2D eigenvalue weighted by molar-refractivity contribution is -0.172. The molecule has 11 nitrogen and oxygen atoms in total. The standard InChI is InChI=1S/C23H25N5O4S.C2HFO2.2FH/c29-22(27-30)19-15-24-23(25-16-19)26-20-7-4-13-28(14-12-20)33(31,32)21-10-8-18(9-11-21)17-5-2-1-3-6-17;3-1-2-5-4;;/h1-3,5-6,8-11,15-16,20,30H,4,7,12-14H2,(H,27,29)(H,24,25,26);4H;2*1H. The molecule has 1 atom stereocenters. The van der Waals surface area contributed by atoms with Crippen LogP contribution in [0.5, 0.6) is 0 Å². The number of nitrogens with zero attached hydrogens (tertiary/aromatic N) is 3. The molecule has 4 N–H and O–H groups in total. The molecule has 0 spiro atoms. The van der Waals surface area contributed by atoms with Gasteiger partial charge < -0.3 is 5.32 Å². The van der Waals surface area contributed by atoms with Crippen LogP contribution < -0.4 is 10.8 Å². The SMILES string of the molecule is F.F.O=C(NO)c1cnc(NC2CCCN(S(=O)(=O)c3ccc(-c4ccccc4)cc3)CC2)nc1.OOC#CF. The number of sulfonamides is 1. The Morgan fingerprint density at radius 2 is 1.62 bits per heavy atom. The number of rotatable bonds is 6. The van der Waals surface area contributed by atoms with E-state index in [-0.39, 0.29) is 25.9 Å². The molecule has 0 bridgehead atoms. The van der Waals surface area contributed by atoms with Gasteiger partial charge in [0, 0.05) is 31.5 Å². The number of aromatic nitrogens is 2. The molecule has 1 aliphatic heterocycles. The summed E-state index contributed by atoms with van der Waals surface area (Å²) in [5.74, 6) is -0.337. The maximum Gasteiger partial charge on any atom is 0.277 e. The third-order valence-electron chi connectivity index (χ3n) is 5.72. The molecule has 0 aliphatic carbocycles. The van der Waals surface area contributed by atoms with E-state index in [9.17, 15) is 17.6 Å². The number of hydrogen-bond donors (Lipinski definition) is 4. The van der Waals surface area contributed by atoms with Gasteiger partial charge in [0.05, 0.1) is 10.5 Å². The molecule has 2 aromatic carbocycles. The van der Waals surface area contributed by atoms with Crippen molar-refractivity contribution in [2.45, 2.75) is 30.2 Å². The Kier molecular flexibility index (Phi) is 14.1. The van der Waals surface area contributed by atoms with Crippen molar-refractivity contribution >= 4 is 21.9 Å². The van der Waals surface area contributed by atoms with E-state index in [0.29, 0.717) is 31.9 Å². The van der Waals surface area contributed by atoms with Gasteiger partial charge in [-0.1, -0.05) is 42.5 Å². The third-order valence-corrected chi connectivity index (χ3v) is 7.63. The van der Waals surface area contributed by atoms with E-state index in [1.807, 2.05) is 42.5 Å². The average Bonchev–Trinajstić information content (AvgIpc) is 3.20. The lowest BCUT2D eigenvalue weighted by Crippen LogP contribution is -2.32. The minimum atomic E-state index is -3.59. The fraction of sp³-hybridized carbons (Fsp3) is 0.240. The van der Waals surface area contributed by atoms with E-state index in [0.717, 1.165) is 23.7 Å². The van der Waals surface area contributed by atoms with Crippen molar-refractivity contribution in [2.75, 3.05) is 18.4 Å². The zero-order chi connectivity index (χ0) is 27.4. The van der Waals surface area contributed by atoms with Crippen molar-refractivity contribution in [3.8, 4) is 23.4 Å². The first-order valence-corrected chi connectivity index (χ1v) is 12.9. The van der Waals surface area contributed by atoms with E-state index < -0.39 is 15.9 Å². The number of hydrogen-bond acceptors (Lipinski definition) is 9. The number of carbonyl (C=O) groups is 1. The highest BCUT2D eigenvalue weighted by Gasteiger charge is 2.28. The molecule has 0 radical (unpaired) electrons. The Balaban J connectivity index is 0.00000105. The monoisotopic (exact) mass is 583 g/mol. The highest BCUT2D eigenvalue weighted by atomic mass is 32.2. The predicted octanol–water partition coefficient (Wildman–Crippen LogP) is 3.59. The summed E-state index contributed by atoms with van der Waals surface area (Å²) in [6.07, 6.45) is 6.74. The van der Waals surface area contributed by atoms with Crippen LogP contribution in [-0.2, 0) is 14.9 Å². The fourth-order valence-corrected chi connectivity index (χ4v) is 5.33. The van der Waals surface area contributed by atoms with Crippen LogP contribution in [0.15, 0.2) is 71.9 Å². The maximum atomic E-state index is 13.2. The Morgan fingerprint density at radius 3 is 2.17 bits per heavy atom. The van der Waals surface area contributed by atoms with Crippen LogP contribution in [0.25, 0.3) is 11.1 Å². The molecular weight excluding hydrogens is 555 g/mol. The van der Waals surface area contributed by atoms with Gasteiger partial charge in [-0.05, 0) is 42.5 Å². The molecular formula is C25H28F3N5O6S. The van der Waals surface area contributed by atoms with Crippen LogP contribution in [0, 0.1) is 12.3 Å². The van der Waals surface area contributed by atoms with Crippen molar-refractivity contribution in [1.82, 2.24) is 19.8 Å². The summed E-state index contributed by atoms with van der Waals surface area (Å²) < 4.78 is 38.3. The van der Waals surface area contributed by atoms with Gasteiger partial charge in [-0.3, -0.25) is 24.3 Å². The van der Waals surface area contributed by atoms with Crippen molar-refractivity contribution in [3.05, 3.63) is 72.6 Å². The molecule has 1 aromatic heterocycles. The summed E-state index contributed by atoms with van der Waals surface area (Å²) in [7, 11) is -3.59. The highest BCUT2D eigenvalue weighted by molar-refractivity contribution is 7.89. The second kappa shape index (κ2) is 16.7. The lowest BCUT2D eigenvalue weighted by Gasteiger charge is -2.21. The minimum absolute atomic E-state index is 0. The molecule has 1 fully saturated rings. The molecule has 1 amide bonds. The summed E-state index contributed by atoms with van der Waals surface area (Å²) in [4.78, 5) is 22.8. The molecule has 4 rings (SSSR count). The number of hydroxylamine groups is 1. The van der Waals surface area contributed by atoms with Crippen LogP contribution in [0.1, 0.15) is 29.6 Å². The second-order valence-electron chi connectivity index (χ2n) is 8.09. The van der Waals surface area contributed by atoms with Crippen molar-refractivity contribution in [2.24, 2.45) is 0 Å². The average molecular weight is 584 g/mol. The zero-order valence-electron chi connectivity index (χ0n) is 20.9. The van der Waals surface area contributed by atoms with Gasteiger partial charge in [-0.2, -0.15) is 9.56 Å². The Labute approximate surface area is 228 Å². The first-order chi connectivity index (χ1) is 18.4. The van der Waals surface area contributed by atoms with Crippen LogP contribution in [0.3, 0.4) is 0 Å². The van der Waals surface area contributed by atoms with Crippen molar-refractivity contribution < 1.29 is 42.4 Å². The summed E-state index contributed by atoms with van der Waals surface area (Å²) in [5.41, 5.74) is 3.68. The quantitative estimate of drug-likeness (QED) is 0.148. The largest absolute Gasteiger partial charge is 0.351 e. The topological polar surface area (TPSA) is 154 Å². The molecule has 1 saturated heterocycles. The molecule has 40 heavy (non-hydrogen) atoms. The van der Waals surface area contributed by atoms with E-state index in [2.05, 4.69) is 20.2 Å². The van der Waals surface area contributed by atoms with Gasteiger partial charge in [0.1, 0.15) is 0 Å². The first kappa shape index (κ1) is 33.8. The van der Waals surface area contributed by atoms with Gasteiger partial charge in [-0.15, -0.1) is 4.39 Å². The molecule has 2 heterocycles. The van der Waals surface area contributed by atoms with Crippen LogP contribution in [-0.4, -0.2) is 58.2 Å². The molecule has 216 valence electrons. The molecule has 1 aliphatic rings. The van der Waals surface area contributed by atoms with Crippen molar-refractivity contribution in [3.63, 3.8) is 0 Å². The number of benzene rings is 2. The number of amides is 1. The van der Waals surface area contributed by atoms with Crippen LogP contribution in [0.2, 0.25) is 0 Å². The van der Waals surface area contributed by atoms with Crippen molar-refractivity contribution in [1.29, 1.82) is 0 Å². The second-order valence-corrected chi connectivity index (χ2v) is 10.0. The normalized spacial score (nSPS) is 14.7. The van der Waals surface area contributed by atoms with E-state index in [1.165, 1.54) is 28.3 Å². The summed E-state index contributed by atoms with van der Waals surface area (Å²) in [5, 5.41) is 19.0. The predicted molar refractivity (Wildman–Crippen MR) is 141 cm³/mol. The third kappa shape index (κ3) is 9.20. The number of nitrogens with one attached hydrogen (secondary N) is 2. The smallest absolute Gasteiger partial charge is 0.277 e. The van der Waals surface area contributed by atoms with E-state index in [1.54, 1.807) is 12.1 Å². The number of carbonyl (C=O) groups excluding carboxylic acids is 1. The summed E-state index contributed by atoms with van der Waals surface area (Å²) >= 11 is 0. The van der Waals surface area contributed by atoms with Gasteiger partial charge in [0.15, 0.2) is 12.3 Å². The van der Waals surface area contributed by atoms with Gasteiger partial charge in [0.2, 0.25) is 16.0 Å².